The second kappa shape index (κ2) is 8.85. The van der Waals surface area contributed by atoms with Crippen LogP contribution in [0.1, 0.15) is 76.3 Å². The smallest absolute Gasteiger partial charge is 0.175 e. The molecule has 4 nitrogen and oxygen atoms in total. The molecule has 6 heteroatoms. The number of amidine groups is 1. The van der Waals surface area contributed by atoms with Gasteiger partial charge in [0, 0.05) is 5.92 Å². The molecule has 1 fully saturated rings. The summed E-state index contributed by atoms with van der Waals surface area (Å²) in [6.45, 7) is 8.66. The molecule has 1 aliphatic carbocycles. The molecule has 0 spiro atoms. The third-order valence-electron chi connectivity index (χ3n) is 6.46. The summed E-state index contributed by atoms with van der Waals surface area (Å²) in [6.07, 6.45) is 4.30. The van der Waals surface area contributed by atoms with Crippen molar-refractivity contribution in [3.8, 4) is 12.1 Å². The summed E-state index contributed by atoms with van der Waals surface area (Å²) >= 11 is 3.45. The molecule has 0 bridgehead atoms. The summed E-state index contributed by atoms with van der Waals surface area (Å²) < 4.78 is -0.715. The third-order valence-corrected chi connectivity index (χ3v) is 9.76. The van der Waals surface area contributed by atoms with E-state index in [2.05, 4.69) is 64.1 Å². The summed E-state index contributed by atoms with van der Waals surface area (Å²) in [5.41, 5.74) is 6.79. The molecule has 3 atom stereocenters. The molecule has 1 aromatic carbocycles. The molecule has 30 heavy (non-hydrogen) atoms. The second-order valence-electron chi connectivity index (χ2n) is 8.58. The van der Waals surface area contributed by atoms with Crippen LogP contribution in [-0.2, 0) is 0 Å². The topological polar surface area (TPSA) is 86.0 Å². The largest absolute Gasteiger partial charge is 0.386 e. The van der Waals surface area contributed by atoms with Crippen LogP contribution in [0, 0.1) is 33.5 Å². The van der Waals surface area contributed by atoms with Gasteiger partial charge < -0.3 is 5.73 Å². The zero-order valence-corrected chi connectivity index (χ0v) is 20.1. The number of nitrogens with two attached hydrogens (primary N) is 1. The number of thioether (sulfide) groups is 2. The van der Waals surface area contributed by atoms with Gasteiger partial charge in [0.15, 0.2) is 4.20 Å². The second-order valence-corrected chi connectivity index (χ2v) is 11.4. The minimum Gasteiger partial charge on any atom is -0.386 e. The number of unbranched alkanes of at least 4 members (excludes halogenated alkanes) is 2. The molecule has 3 rings (SSSR count). The number of benzene rings is 1. The third kappa shape index (κ3) is 3.15. The maximum absolute atomic E-state index is 10.5. The van der Waals surface area contributed by atoms with Crippen molar-refractivity contribution in [1.29, 1.82) is 10.5 Å². The summed E-state index contributed by atoms with van der Waals surface area (Å²) in [5.74, 6) is 2.37. The van der Waals surface area contributed by atoms with Gasteiger partial charge in [-0.15, -0.1) is 23.5 Å². The molecule has 1 heterocycles. The maximum atomic E-state index is 10.5. The van der Waals surface area contributed by atoms with Crippen molar-refractivity contribution < 1.29 is 0 Å². The van der Waals surface area contributed by atoms with E-state index < -0.39 is 15.0 Å². The van der Waals surface area contributed by atoms with E-state index in [0.29, 0.717) is 11.8 Å². The van der Waals surface area contributed by atoms with Crippen molar-refractivity contribution in [3.05, 3.63) is 35.4 Å². The van der Waals surface area contributed by atoms with Gasteiger partial charge in [-0.3, -0.25) is 0 Å². The lowest BCUT2D eigenvalue weighted by molar-refractivity contribution is 0.562. The summed E-state index contributed by atoms with van der Waals surface area (Å²) in [4.78, 5) is 4.88. The lowest BCUT2D eigenvalue weighted by Crippen LogP contribution is -2.32. The van der Waals surface area contributed by atoms with Crippen LogP contribution in [0.15, 0.2) is 29.3 Å². The maximum Gasteiger partial charge on any atom is 0.175 e. The van der Waals surface area contributed by atoms with E-state index in [1.807, 2.05) is 0 Å². The summed E-state index contributed by atoms with van der Waals surface area (Å²) in [7, 11) is 0. The van der Waals surface area contributed by atoms with Crippen LogP contribution in [0.5, 0.6) is 0 Å². The van der Waals surface area contributed by atoms with Crippen LogP contribution < -0.4 is 5.73 Å². The molecule has 160 valence electrons. The van der Waals surface area contributed by atoms with E-state index in [-0.39, 0.29) is 5.92 Å². The average molecular weight is 441 g/mol. The Balaban J connectivity index is 2.07. The van der Waals surface area contributed by atoms with Crippen LogP contribution in [-0.4, -0.2) is 21.5 Å². The fourth-order valence-electron chi connectivity index (χ4n) is 4.64. The van der Waals surface area contributed by atoms with Crippen molar-refractivity contribution in [2.45, 2.75) is 69.4 Å². The highest BCUT2D eigenvalue weighted by atomic mass is 32.2. The number of aliphatic imine (C=N–C) groups is 1. The van der Waals surface area contributed by atoms with Gasteiger partial charge in [-0.1, -0.05) is 64.8 Å². The van der Waals surface area contributed by atoms with E-state index in [1.165, 1.54) is 5.56 Å². The average Bonchev–Trinajstić information content (AvgIpc) is 3.32. The highest BCUT2D eigenvalue weighted by Gasteiger charge is 2.91. The molecule has 0 saturated heterocycles. The standard InChI is InChI=1S/C24H32N4S2/c1-5-7-13-29-24(30-14-8-6-2)23(16-26)20(22(23,15-25)21(27)28-24)19-11-9-18(10-12-19)17(3)4/h9-12,17,20H,5-8,13-14H2,1-4H3,(H2,27,28). The highest BCUT2D eigenvalue weighted by Crippen LogP contribution is 2.85. The lowest BCUT2D eigenvalue weighted by Gasteiger charge is -2.32. The van der Waals surface area contributed by atoms with Crippen LogP contribution >= 0.6 is 23.5 Å². The van der Waals surface area contributed by atoms with E-state index in [9.17, 15) is 10.5 Å². The van der Waals surface area contributed by atoms with Gasteiger partial charge in [-0.2, -0.15) is 10.5 Å². The first-order valence-corrected chi connectivity index (χ1v) is 12.9. The van der Waals surface area contributed by atoms with E-state index in [1.54, 1.807) is 23.5 Å². The molecule has 0 radical (unpaired) electrons. The van der Waals surface area contributed by atoms with Crippen LogP contribution in [0.2, 0.25) is 0 Å². The SMILES string of the molecule is CCCCSC1(SCCCC)N=C(N)C2(C#N)C(c3ccc(C(C)C)cc3)C12C#N. The van der Waals surface area contributed by atoms with Crippen LogP contribution in [0.4, 0.5) is 0 Å². The molecule has 3 unspecified atom stereocenters. The Morgan fingerprint density at radius 1 is 1.03 bits per heavy atom. The predicted octanol–water partition coefficient (Wildman–Crippen LogP) is 6.02. The normalized spacial score (nSPS) is 28.5. The molecule has 2 aliphatic rings. The van der Waals surface area contributed by atoms with Crippen molar-refractivity contribution in [2.75, 3.05) is 11.5 Å². The number of nitriles is 2. The van der Waals surface area contributed by atoms with Gasteiger partial charge in [0.1, 0.15) is 16.7 Å². The quantitative estimate of drug-likeness (QED) is 0.355. The van der Waals surface area contributed by atoms with E-state index in [0.717, 1.165) is 42.8 Å². The van der Waals surface area contributed by atoms with E-state index >= 15 is 0 Å². The molecule has 1 aliphatic heterocycles. The van der Waals surface area contributed by atoms with Crippen molar-refractivity contribution in [2.24, 2.45) is 21.6 Å². The molecular weight excluding hydrogens is 408 g/mol. The van der Waals surface area contributed by atoms with Crippen molar-refractivity contribution in [1.82, 2.24) is 0 Å². The van der Waals surface area contributed by atoms with Gasteiger partial charge in [0.05, 0.1) is 12.1 Å². The number of rotatable bonds is 10. The number of nitrogens with zero attached hydrogens (tertiary/aromatic N) is 3. The zero-order valence-electron chi connectivity index (χ0n) is 18.4. The molecule has 0 aromatic heterocycles. The van der Waals surface area contributed by atoms with E-state index in [4.69, 9.17) is 10.7 Å². The monoisotopic (exact) mass is 440 g/mol. The van der Waals surface area contributed by atoms with Gasteiger partial charge in [-0.05, 0) is 41.4 Å². The first-order chi connectivity index (χ1) is 14.4. The Morgan fingerprint density at radius 3 is 2.03 bits per heavy atom. The number of hydrogen-bond donors (Lipinski definition) is 1. The predicted molar refractivity (Wildman–Crippen MR) is 128 cm³/mol. The number of fused-ring (bicyclic) bond motifs is 1. The fourth-order valence-corrected chi connectivity index (χ4v) is 8.32. The van der Waals surface area contributed by atoms with Gasteiger partial charge >= 0.3 is 0 Å². The van der Waals surface area contributed by atoms with Gasteiger partial charge in [0.25, 0.3) is 0 Å². The Hall–Kier alpha value is -1.63. The fraction of sp³-hybridized carbons (Fsp3) is 0.625. The summed E-state index contributed by atoms with van der Waals surface area (Å²) in [5, 5.41) is 20.9. The van der Waals surface area contributed by atoms with Gasteiger partial charge in [-0.25, -0.2) is 4.99 Å². The Labute approximate surface area is 189 Å². The Bertz CT molecular complexity index is 870. The molecular formula is C24H32N4S2. The Morgan fingerprint density at radius 2 is 1.60 bits per heavy atom. The van der Waals surface area contributed by atoms with Crippen LogP contribution in [0.3, 0.4) is 0 Å². The van der Waals surface area contributed by atoms with Crippen molar-refractivity contribution >= 4 is 29.4 Å². The minimum absolute atomic E-state index is 0.234. The zero-order chi connectivity index (χ0) is 22.0. The number of hydrogen-bond acceptors (Lipinski definition) is 6. The minimum atomic E-state index is -1.03. The summed E-state index contributed by atoms with van der Waals surface area (Å²) in [6, 6.07) is 13.5. The van der Waals surface area contributed by atoms with Crippen molar-refractivity contribution in [3.63, 3.8) is 0 Å². The highest BCUT2D eigenvalue weighted by molar-refractivity contribution is 8.18. The first kappa shape index (κ1) is 23.0. The molecule has 1 aromatic rings. The lowest BCUT2D eigenvalue weighted by atomic mass is 9.96. The molecule has 0 amide bonds. The van der Waals surface area contributed by atoms with Crippen LogP contribution in [0.25, 0.3) is 0 Å². The van der Waals surface area contributed by atoms with Gasteiger partial charge in [0.2, 0.25) is 0 Å². The molecule has 1 saturated carbocycles. The first-order valence-electron chi connectivity index (χ1n) is 11.0. The Kier molecular flexibility index (Phi) is 6.80. The molecule has 2 N–H and O–H groups in total.